The van der Waals surface area contributed by atoms with E-state index in [0.29, 0.717) is 12.1 Å². The van der Waals surface area contributed by atoms with Gasteiger partial charge in [0.25, 0.3) is 10.0 Å². The molecular formula is C23H21N3O3S2. The van der Waals surface area contributed by atoms with Crippen molar-refractivity contribution in [3.8, 4) is 0 Å². The van der Waals surface area contributed by atoms with Crippen molar-refractivity contribution >= 4 is 48.9 Å². The third-order valence-electron chi connectivity index (χ3n) is 4.78. The lowest BCUT2D eigenvalue weighted by molar-refractivity contribution is -0.116. The number of carbonyl (C=O) groups excluding carboxylic acids is 1. The molecule has 0 spiro atoms. The molecule has 0 aliphatic carbocycles. The van der Waals surface area contributed by atoms with Crippen molar-refractivity contribution < 1.29 is 13.2 Å². The first-order chi connectivity index (χ1) is 14.9. The van der Waals surface area contributed by atoms with Gasteiger partial charge in [0.1, 0.15) is 0 Å². The Hall–Kier alpha value is -3.23. The zero-order chi connectivity index (χ0) is 21.8. The van der Waals surface area contributed by atoms with Crippen LogP contribution < -0.4 is 10.0 Å². The molecule has 3 aromatic carbocycles. The summed E-state index contributed by atoms with van der Waals surface area (Å²) in [5.41, 5.74) is 2.42. The van der Waals surface area contributed by atoms with E-state index in [1.807, 2.05) is 49.4 Å². The van der Waals surface area contributed by atoms with Gasteiger partial charge < -0.3 is 5.32 Å². The van der Waals surface area contributed by atoms with Crippen molar-refractivity contribution in [3.63, 3.8) is 0 Å². The molecule has 0 bridgehead atoms. The van der Waals surface area contributed by atoms with E-state index in [-0.39, 0.29) is 22.4 Å². The van der Waals surface area contributed by atoms with Gasteiger partial charge in [-0.25, -0.2) is 13.4 Å². The second-order valence-electron chi connectivity index (χ2n) is 7.14. The number of nitrogens with zero attached hydrogens (tertiary/aromatic N) is 1. The second kappa shape index (κ2) is 8.87. The molecule has 1 aromatic heterocycles. The van der Waals surface area contributed by atoms with Gasteiger partial charge in [0.15, 0.2) is 5.13 Å². The summed E-state index contributed by atoms with van der Waals surface area (Å²) in [5.74, 6) is -0.119. The Bertz CT molecular complexity index is 1320. The maximum absolute atomic E-state index is 12.5. The quantitative estimate of drug-likeness (QED) is 0.415. The van der Waals surface area contributed by atoms with E-state index in [1.165, 1.54) is 11.3 Å². The largest absolute Gasteiger partial charge is 0.326 e. The SMILES string of the molecule is Cc1ccc(S(=O)(=O)Nc2nc(CCC(=O)Nc3cccc4ccccc34)cs2)cc1. The van der Waals surface area contributed by atoms with Crippen LogP contribution in [0.15, 0.2) is 77.0 Å². The van der Waals surface area contributed by atoms with Crippen molar-refractivity contribution in [2.45, 2.75) is 24.7 Å². The molecule has 1 heterocycles. The minimum atomic E-state index is -3.69. The number of hydrogen-bond donors (Lipinski definition) is 2. The Morgan fingerprint density at radius 3 is 2.55 bits per heavy atom. The van der Waals surface area contributed by atoms with Crippen LogP contribution in [-0.2, 0) is 21.2 Å². The minimum Gasteiger partial charge on any atom is -0.326 e. The lowest BCUT2D eigenvalue weighted by Gasteiger charge is -2.08. The highest BCUT2D eigenvalue weighted by molar-refractivity contribution is 7.93. The maximum atomic E-state index is 12.5. The fourth-order valence-electron chi connectivity index (χ4n) is 3.15. The molecule has 0 aliphatic heterocycles. The van der Waals surface area contributed by atoms with Gasteiger partial charge in [-0.15, -0.1) is 11.3 Å². The van der Waals surface area contributed by atoms with Gasteiger partial charge in [-0.3, -0.25) is 9.52 Å². The summed E-state index contributed by atoms with van der Waals surface area (Å²) in [6.07, 6.45) is 0.663. The van der Waals surface area contributed by atoms with Crippen molar-refractivity contribution in [2.75, 3.05) is 10.0 Å². The molecule has 0 saturated heterocycles. The number of sulfonamides is 1. The zero-order valence-electron chi connectivity index (χ0n) is 16.8. The van der Waals surface area contributed by atoms with E-state index in [9.17, 15) is 13.2 Å². The fourth-order valence-corrected chi connectivity index (χ4v) is 5.15. The van der Waals surface area contributed by atoms with Crippen LogP contribution >= 0.6 is 11.3 Å². The predicted molar refractivity (Wildman–Crippen MR) is 125 cm³/mol. The maximum Gasteiger partial charge on any atom is 0.263 e. The number of hydrogen-bond acceptors (Lipinski definition) is 5. The van der Waals surface area contributed by atoms with Crippen LogP contribution in [-0.4, -0.2) is 19.3 Å². The number of nitrogens with one attached hydrogen (secondary N) is 2. The molecule has 4 aromatic rings. The van der Waals surface area contributed by atoms with Crippen molar-refractivity contribution in [3.05, 3.63) is 83.4 Å². The van der Waals surface area contributed by atoms with E-state index in [1.54, 1.807) is 29.6 Å². The molecule has 6 nitrogen and oxygen atoms in total. The number of amides is 1. The molecule has 0 saturated carbocycles. The van der Waals surface area contributed by atoms with E-state index in [4.69, 9.17) is 0 Å². The highest BCUT2D eigenvalue weighted by Gasteiger charge is 2.16. The highest BCUT2D eigenvalue weighted by atomic mass is 32.2. The Labute approximate surface area is 185 Å². The molecule has 8 heteroatoms. The monoisotopic (exact) mass is 451 g/mol. The topological polar surface area (TPSA) is 88.2 Å². The molecule has 4 rings (SSSR count). The van der Waals surface area contributed by atoms with Gasteiger partial charge in [-0.05, 0) is 36.9 Å². The number of carbonyl (C=O) groups is 1. The first kappa shape index (κ1) is 21.0. The smallest absolute Gasteiger partial charge is 0.263 e. The highest BCUT2D eigenvalue weighted by Crippen LogP contribution is 2.24. The molecule has 158 valence electrons. The second-order valence-corrected chi connectivity index (χ2v) is 9.68. The van der Waals surface area contributed by atoms with Gasteiger partial charge in [0, 0.05) is 22.9 Å². The van der Waals surface area contributed by atoms with Crippen molar-refractivity contribution in [2.24, 2.45) is 0 Å². The normalized spacial score (nSPS) is 11.4. The molecule has 0 fully saturated rings. The summed E-state index contributed by atoms with van der Waals surface area (Å²) in [4.78, 5) is 16.9. The van der Waals surface area contributed by atoms with Gasteiger partial charge >= 0.3 is 0 Å². The van der Waals surface area contributed by atoms with Gasteiger partial charge in [0.05, 0.1) is 10.6 Å². The Morgan fingerprint density at radius 1 is 1.00 bits per heavy atom. The standard InChI is InChI=1S/C23H21N3O3S2/c1-16-9-12-19(13-10-16)31(28,29)26-23-24-18(15-30-23)11-14-22(27)25-21-8-4-6-17-5-2-3-7-20(17)21/h2-10,12-13,15H,11,14H2,1H3,(H,24,26)(H,25,27). The summed E-state index contributed by atoms with van der Waals surface area (Å²) >= 11 is 1.20. The average Bonchev–Trinajstić information content (AvgIpc) is 3.19. The number of aromatic nitrogens is 1. The van der Waals surface area contributed by atoms with E-state index in [0.717, 1.165) is 22.0 Å². The first-order valence-electron chi connectivity index (χ1n) is 9.72. The molecule has 1 amide bonds. The molecule has 0 unspecified atom stereocenters. The van der Waals surface area contributed by atoms with Gasteiger partial charge in [0.2, 0.25) is 5.91 Å². The summed E-state index contributed by atoms with van der Waals surface area (Å²) < 4.78 is 27.5. The first-order valence-corrected chi connectivity index (χ1v) is 12.1. The summed E-state index contributed by atoms with van der Waals surface area (Å²) in [5, 5.41) is 7.04. The van der Waals surface area contributed by atoms with Crippen LogP contribution in [0, 0.1) is 6.92 Å². The van der Waals surface area contributed by atoms with Crippen LogP contribution in [0.1, 0.15) is 17.7 Å². The van der Waals surface area contributed by atoms with Crippen LogP contribution in [0.3, 0.4) is 0 Å². The summed E-state index contributed by atoms with van der Waals surface area (Å²) in [6, 6.07) is 20.3. The van der Waals surface area contributed by atoms with Gasteiger partial charge in [-0.2, -0.15) is 0 Å². The number of benzene rings is 3. The number of rotatable bonds is 7. The third-order valence-corrected chi connectivity index (χ3v) is 7.07. The average molecular weight is 452 g/mol. The van der Waals surface area contributed by atoms with E-state index in [2.05, 4.69) is 15.0 Å². The molecule has 2 N–H and O–H groups in total. The molecule has 0 atom stereocenters. The summed E-state index contributed by atoms with van der Waals surface area (Å²) in [7, 11) is -3.69. The van der Waals surface area contributed by atoms with Crippen LogP contribution in [0.25, 0.3) is 10.8 Å². The van der Waals surface area contributed by atoms with Crippen LogP contribution in [0.2, 0.25) is 0 Å². The number of thiazole rings is 1. The fraction of sp³-hybridized carbons (Fsp3) is 0.130. The molecular weight excluding hydrogens is 430 g/mol. The number of anilines is 2. The lowest BCUT2D eigenvalue weighted by Crippen LogP contribution is -2.13. The molecule has 0 aliphatic rings. The predicted octanol–water partition coefficient (Wildman–Crippen LogP) is 4.98. The Balaban J connectivity index is 1.37. The Morgan fingerprint density at radius 2 is 1.74 bits per heavy atom. The molecule has 0 radical (unpaired) electrons. The number of fused-ring (bicyclic) bond motifs is 1. The zero-order valence-corrected chi connectivity index (χ0v) is 18.5. The molecule has 31 heavy (non-hydrogen) atoms. The third kappa shape index (κ3) is 5.10. The number of aryl methyl sites for hydroxylation is 2. The Kier molecular flexibility index (Phi) is 6.01. The van der Waals surface area contributed by atoms with Crippen LogP contribution in [0.4, 0.5) is 10.8 Å². The van der Waals surface area contributed by atoms with Crippen molar-refractivity contribution in [1.29, 1.82) is 0 Å². The summed E-state index contributed by atoms with van der Waals surface area (Å²) in [6.45, 7) is 1.90. The van der Waals surface area contributed by atoms with E-state index < -0.39 is 10.0 Å². The van der Waals surface area contributed by atoms with Gasteiger partial charge in [-0.1, -0.05) is 54.1 Å². The van der Waals surface area contributed by atoms with E-state index >= 15 is 0 Å². The van der Waals surface area contributed by atoms with Crippen molar-refractivity contribution in [1.82, 2.24) is 4.98 Å². The minimum absolute atomic E-state index is 0.119. The van der Waals surface area contributed by atoms with Crippen LogP contribution in [0.5, 0.6) is 0 Å². The lowest BCUT2D eigenvalue weighted by atomic mass is 10.1.